The van der Waals surface area contributed by atoms with Crippen molar-refractivity contribution >= 4 is 17.6 Å². The quantitative estimate of drug-likeness (QED) is 0.648. The predicted molar refractivity (Wildman–Crippen MR) is 71.1 cm³/mol. The summed E-state index contributed by atoms with van der Waals surface area (Å²) in [6.45, 7) is 0. The maximum atomic E-state index is 13.5. The van der Waals surface area contributed by atoms with Crippen LogP contribution in [0.25, 0.3) is 0 Å². The van der Waals surface area contributed by atoms with Crippen molar-refractivity contribution in [2.45, 2.75) is 0 Å². The molecular formula is C14H10FNO5. The first kappa shape index (κ1) is 14.3. The van der Waals surface area contributed by atoms with Crippen molar-refractivity contribution in [3.8, 4) is 11.5 Å². The summed E-state index contributed by atoms with van der Waals surface area (Å²) >= 11 is 0. The Kier molecular flexibility index (Phi) is 3.75. The SMILES string of the molecule is O=C(Nc1cccc(F)c1C(=O)O)c1cccc(O)c1O. The molecule has 0 saturated carbocycles. The third kappa shape index (κ3) is 2.76. The van der Waals surface area contributed by atoms with Crippen molar-refractivity contribution in [3.05, 3.63) is 53.3 Å². The minimum atomic E-state index is -1.54. The molecule has 0 saturated heterocycles. The number of benzene rings is 2. The van der Waals surface area contributed by atoms with Gasteiger partial charge in [-0.3, -0.25) is 4.79 Å². The van der Waals surface area contributed by atoms with Crippen molar-refractivity contribution in [2.24, 2.45) is 0 Å². The molecule has 2 rings (SSSR count). The van der Waals surface area contributed by atoms with E-state index in [1.165, 1.54) is 30.3 Å². The van der Waals surface area contributed by atoms with Crippen LogP contribution in [0.4, 0.5) is 10.1 Å². The van der Waals surface area contributed by atoms with Gasteiger partial charge in [0.15, 0.2) is 11.5 Å². The number of carboxylic acid groups (broad SMARTS) is 1. The molecule has 0 aromatic heterocycles. The second kappa shape index (κ2) is 5.49. The molecule has 0 radical (unpaired) electrons. The topological polar surface area (TPSA) is 107 Å². The summed E-state index contributed by atoms with van der Waals surface area (Å²) < 4.78 is 13.5. The zero-order chi connectivity index (χ0) is 15.6. The highest BCUT2D eigenvalue weighted by Gasteiger charge is 2.20. The molecule has 0 aliphatic heterocycles. The molecule has 21 heavy (non-hydrogen) atoms. The number of rotatable bonds is 3. The van der Waals surface area contributed by atoms with Crippen molar-refractivity contribution in [3.63, 3.8) is 0 Å². The number of para-hydroxylation sites is 1. The number of phenolic OH excluding ortho intramolecular Hbond substituents is 2. The van der Waals surface area contributed by atoms with Gasteiger partial charge >= 0.3 is 5.97 Å². The van der Waals surface area contributed by atoms with Gasteiger partial charge in [-0.05, 0) is 24.3 Å². The number of anilines is 1. The van der Waals surface area contributed by atoms with Crippen LogP contribution in [0.15, 0.2) is 36.4 Å². The molecular weight excluding hydrogens is 281 g/mol. The second-order valence-electron chi connectivity index (χ2n) is 4.09. The Morgan fingerprint density at radius 1 is 1.05 bits per heavy atom. The van der Waals surface area contributed by atoms with Crippen molar-refractivity contribution < 1.29 is 29.3 Å². The lowest BCUT2D eigenvalue weighted by Gasteiger charge is -2.10. The lowest BCUT2D eigenvalue weighted by Crippen LogP contribution is -2.16. The number of amides is 1. The molecule has 0 bridgehead atoms. The Bertz CT molecular complexity index is 729. The summed E-state index contributed by atoms with van der Waals surface area (Å²) in [5.41, 5.74) is -1.21. The number of phenols is 2. The molecule has 0 unspecified atom stereocenters. The maximum absolute atomic E-state index is 13.5. The second-order valence-corrected chi connectivity index (χ2v) is 4.09. The summed E-state index contributed by atoms with van der Waals surface area (Å²) in [4.78, 5) is 23.0. The van der Waals surface area contributed by atoms with Gasteiger partial charge in [0.25, 0.3) is 5.91 Å². The number of carbonyl (C=O) groups is 2. The number of nitrogens with one attached hydrogen (secondary N) is 1. The van der Waals surface area contributed by atoms with Crippen LogP contribution in [0, 0.1) is 5.82 Å². The van der Waals surface area contributed by atoms with Crippen molar-refractivity contribution in [1.82, 2.24) is 0 Å². The van der Waals surface area contributed by atoms with Gasteiger partial charge in [0.05, 0.1) is 11.3 Å². The average molecular weight is 291 g/mol. The lowest BCUT2D eigenvalue weighted by molar-refractivity contribution is 0.0693. The van der Waals surface area contributed by atoms with E-state index in [9.17, 15) is 24.2 Å². The Balaban J connectivity index is 2.39. The van der Waals surface area contributed by atoms with Gasteiger partial charge in [-0.1, -0.05) is 12.1 Å². The molecule has 0 atom stereocenters. The van der Waals surface area contributed by atoms with Crippen LogP contribution in [0.5, 0.6) is 11.5 Å². The van der Waals surface area contributed by atoms with E-state index in [1.54, 1.807) is 0 Å². The molecule has 1 amide bonds. The Labute approximate surface area is 118 Å². The molecule has 0 heterocycles. The van der Waals surface area contributed by atoms with E-state index in [0.29, 0.717) is 0 Å². The number of hydrogen-bond acceptors (Lipinski definition) is 4. The summed E-state index contributed by atoms with van der Waals surface area (Å²) in [7, 11) is 0. The first-order chi connectivity index (χ1) is 9.91. The third-order valence-corrected chi connectivity index (χ3v) is 2.74. The van der Waals surface area contributed by atoms with E-state index >= 15 is 0 Å². The molecule has 2 aromatic carbocycles. The number of carbonyl (C=O) groups excluding carboxylic acids is 1. The summed E-state index contributed by atoms with van der Waals surface area (Å²) in [6, 6.07) is 7.13. The van der Waals surface area contributed by atoms with Gasteiger partial charge in [-0.25, -0.2) is 9.18 Å². The lowest BCUT2D eigenvalue weighted by atomic mass is 10.1. The van der Waals surface area contributed by atoms with E-state index in [2.05, 4.69) is 5.32 Å². The number of hydrogen-bond donors (Lipinski definition) is 4. The molecule has 108 valence electrons. The van der Waals surface area contributed by atoms with E-state index < -0.39 is 34.8 Å². The van der Waals surface area contributed by atoms with Crippen LogP contribution in [0.1, 0.15) is 20.7 Å². The van der Waals surface area contributed by atoms with E-state index in [4.69, 9.17) is 5.11 Å². The maximum Gasteiger partial charge on any atom is 0.340 e. The summed E-state index contributed by atoms with van der Waals surface area (Å²) in [6.07, 6.45) is 0. The third-order valence-electron chi connectivity index (χ3n) is 2.74. The molecule has 0 spiro atoms. The fraction of sp³-hybridized carbons (Fsp3) is 0. The monoisotopic (exact) mass is 291 g/mol. The van der Waals surface area contributed by atoms with Crippen LogP contribution in [-0.4, -0.2) is 27.2 Å². The first-order valence-corrected chi connectivity index (χ1v) is 5.76. The zero-order valence-corrected chi connectivity index (χ0v) is 10.5. The van der Waals surface area contributed by atoms with E-state index in [-0.39, 0.29) is 11.3 Å². The van der Waals surface area contributed by atoms with Gasteiger partial charge in [0.2, 0.25) is 0 Å². The van der Waals surface area contributed by atoms with Crippen LogP contribution in [0.3, 0.4) is 0 Å². The number of carboxylic acids is 1. The van der Waals surface area contributed by atoms with Gasteiger partial charge in [-0.2, -0.15) is 0 Å². The Morgan fingerprint density at radius 3 is 2.38 bits per heavy atom. The van der Waals surface area contributed by atoms with Crippen LogP contribution in [-0.2, 0) is 0 Å². The van der Waals surface area contributed by atoms with Crippen LogP contribution in [0.2, 0.25) is 0 Å². The number of aromatic carboxylic acids is 1. The van der Waals surface area contributed by atoms with E-state index in [1.807, 2.05) is 0 Å². The van der Waals surface area contributed by atoms with E-state index in [0.717, 1.165) is 6.07 Å². The van der Waals surface area contributed by atoms with Gasteiger partial charge < -0.3 is 20.6 Å². The molecule has 6 nitrogen and oxygen atoms in total. The summed E-state index contributed by atoms with van der Waals surface area (Å²) in [5, 5.41) is 30.0. The minimum Gasteiger partial charge on any atom is -0.504 e. The Morgan fingerprint density at radius 2 is 1.71 bits per heavy atom. The first-order valence-electron chi connectivity index (χ1n) is 5.76. The van der Waals surface area contributed by atoms with Crippen LogP contribution >= 0.6 is 0 Å². The standard InChI is InChI=1S/C14H10FNO5/c15-8-4-2-5-9(11(8)14(20)21)16-13(19)7-3-1-6-10(17)12(7)18/h1-6,17-18H,(H,16,19)(H,20,21). The highest BCUT2D eigenvalue weighted by atomic mass is 19.1. The largest absolute Gasteiger partial charge is 0.504 e. The molecule has 7 heteroatoms. The molecule has 4 N–H and O–H groups in total. The minimum absolute atomic E-state index is 0.254. The Hall–Kier alpha value is -3.09. The highest BCUT2D eigenvalue weighted by Crippen LogP contribution is 2.29. The summed E-state index contributed by atoms with van der Waals surface area (Å²) in [5.74, 6) is -4.57. The number of aromatic hydroxyl groups is 2. The molecule has 0 aliphatic carbocycles. The highest BCUT2D eigenvalue weighted by molar-refractivity contribution is 6.09. The average Bonchev–Trinajstić information content (AvgIpc) is 2.41. The van der Waals surface area contributed by atoms with Gasteiger partial charge in [-0.15, -0.1) is 0 Å². The fourth-order valence-electron chi connectivity index (χ4n) is 1.75. The predicted octanol–water partition coefficient (Wildman–Crippen LogP) is 2.19. The van der Waals surface area contributed by atoms with Crippen LogP contribution < -0.4 is 5.32 Å². The smallest absolute Gasteiger partial charge is 0.340 e. The normalized spacial score (nSPS) is 10.1. The van der Waals surface area contributed by atoms with Crippen molar-refractivity contribution in [1.29, 1.82) is 0 Å². The number of halogens is 1. The fourth-order valence-corrected chi connectivity index (χ4v) is 1.75. The zero-order valence-electron chi connectivity index (χ0n) is 10.5. The molecule has 0 fully saturated rings. The molecule has 0 aliphatic rings. The van der Waals surface area contributed by atoms with Gasteiger partial charge in [0.1, 0.15) is 11.4 Å². The molecule has 2 aromatic rings. The van der Waals surface area contributed by atoms with Gasteiger partial charge in [0, 0.05) is 0 Å². The van der Waals surface area contributed by atoms with Crippen molar-refractivity contribution in [2.75, 3.05) is 5.32 Å².